The second-order valence-electron chi connectivity index (χ2n) is 10.2. The average molecular weight is 539 g/mol. The zero-order chi connectivity index (χ0) is 27.8. The van der Waals surface area contributed by atoms with Crippen molar-refractivity contribution in [2.45, 2.75) is 17.9 Å². The first-order valence-electron chi connectivity index (χ1n) is 12.6. The van der Waals surface area contributed by atoms with Crippen LogP contribution in [0.15, 0.2) is 78.1 Å². The molecule has 2 aliphatic heterocycles. The number of ketones is 2. The number of benzene rings is 3. The van der Waals surface area contributed by atoms with Crippen molar-refractivity contribution < 1.29 is 44.2 Å². The van der Waals surface area contributed by atoms with Gasteiger partial charge in [0.1, 0.15) is 53.1 Å². The van der Waals surface area contributed by atoms with E-state index in [-0.39, 0.29) is 65.5 Å². The van der Waals surface area contributed by atoms with Crippen LogP contribution >= 0.6 is 0 Å². The third-order valence-electron chi connectivity index (χ3n) is 7.61. The molecule has 2 atom stereocenters. The van der Waals surface area contributed by atoms with Crippen LogP contribution < -0.4 is 9.47 Å². The van der Waals surface area contributed by atoms with Crippen LogP contribution in [0.1, 0.15) is 33.0 Å². The van der Waals surface area contributed by atoms with E-state index >= 15 is 0 Å². The fourth-order valence-electron chi connectivity index (χ4n) is 5.81. The molecule has 200 valence electrons. The van der Waals surface area contributed by atoms with Crippen molar-refractivity contribution in [2.24, 2.45) is 0 Å². The predicted molar refractivity (Wildman–Crippen MR) is 141 cm³/mol. The molecule has 2 unspecified atom stereocenters. The second kappa shape index (κ2) is 8.49. The topological polar surface area (TPSA) is 143 Å². The van der Waals surface area contributed by atoms with Crippen LogP contribution in [-0.4, -0.2) is 50.8 Å². The summed E-state index contributed by atoms with van der Waals surface area (Å²) < 4.78 is 17.4. The Bertz CT molecular complexity index is 1750. The SMILES string of the molecule is O=C1C=CC2=C3c4cc(Oc5cccc(C6COc7cc(O)cc(O)c7C6=O)c5)c(O)cc4CC3(O)COC2=C1. The minimum Gasteiger partial charge on any atom is -0.508 e. The fourth-order valence-corrected chi connectivity index (χ4v) is 5.81. The number of carbonyl (C=O) groups is 2. The van der Waals surface area contributed by atoms with Gasteiger partial charge in [-0.15, -0.1) is 0 Å². The Balaban J connectivity index is 1.23. The molecule has 0 radical (unpaired) electrons. The maximum atomic E-state index is 13.2. The van der Waals surface area contributed by atoms with Gasteiger partial charge in [-0.1, -0.05) is 12.1 Å². The smallest absolute Gasteiger partial charge is 0.182 e. The number of rotatable bonds is 3. The Morgan fingerprint density at radius 2 is 1.80 bits per heavy atom. The van der Waals surface area contributed by atoms with E-state index < -0.39 is 11.5 Å². The van der Waals surface area contributed by atoms with E-state index in [0.29, 0.717) is 39.3 Å². The summed E-state index contributed by atoms with van der Waals surface area (Å²) in [5.41, 5.74) is 1.88. The highest BCUT2D eigenvalue weighted by atomic mass is 16.5. The van der Waals surface area contributed by atoms with Gasteiger partial charge in [0.15, 0.2) is 23.1 Å². The molecule has 4 N–H and O–H groups in total. The van der Waals surface area contributed by atoms with Gasteiger partial charge in [-0.25, -0.2) is 0 Å². The van der Waals surface area contributed by atoms with Crippen molar-refractivity contribution in [3.63, 3.8) is 0 Å². The van der Waals surface area contributed by atoms with E-state index in [2.05, 4.69) is 0 Å². The molecule has 0 saturated carbocycles. The third kappa shape index (κ3) is 3.66. The largest absolute Gasteiger partial charge is 0.508 e. The van der Waals surface area contributed by atoms with E-state index in [0.717, 1.165) is 6.07 Å². The lowest BCUT2D eigenvalue weighted by Gasteiger charge is -2.33. The lowest BCUT2D eigenvalue weighted by Crippen LogP contribution is -2.38. The number of fused-ring (bicyclic) bond motifs is 5. The highest BCUT2D eigenvalue weighted by Crippen LogP contribution is 2.51. The first-order valence-corrected chi connectivity index (χ1v) is 12.6. The molecule has 7 rings (SSSR count). The van der Waals surface area contributed by atoms with Gasteiger partial charge in [0.05, 0.1) is 5.92 Å². The molecule has 40 heavy (non-hydrogen) atoms. The van der Waals surface area contributed by atoms with Crippen molar-refractivity contribution in [2.75, 3.05) is 13.2 Å². The van der Waals surface area contributed by atoms with E-state index in [1.165, 1.54) is 18.2 Å². The van der Waals surface area contributed by atoms with Gasteiger partial charge in [0.25, 0.3) is 0 Å². The molecule has 2 heterocycles. The van der Waals surface area contributed by atoms with Crippen molar-refractivity contribution in [1.29, 1.82) is 0 Å². The lowest BCUT2D eigenvalue weighted by molar-refractivity contribution is -0.110. The van der Waals surface area contributed by atoms with E-state index in [1.54, 1.807) is 42.5 Å². The van der Waals surface area contributed by atoms with Gasteiger partial charge in [-0.2, -0.15) is 0 Å². The van der Waals surface area contributed by atoms with E-state index in [1.807, 2.05) is 0 Å². The quantitative estimate of drug-likeness (QED) is 0.388. The number of aliphatic hydroxyl groups is 1. The van der Waals surface area contributed by atoms with Crippen LogP contribution in [0.4, 0.5) is 0 Å². The molecule has 2 aliphatic carbocycles. The molecule has 3 aromatic rings. The van der Waals surface area contributed by atoms with Crippen LogP contribution in [0.2, 0.25) is 0 Å². The van der Waals surface area contributed by atoms with Crippen LogP contribution in [0.25, 0.3) is 5.57 Å². The Morgan fingerprint density at radius 3 is 2.65 bits per heavy atom. The Hall–Kier alpha value is -5.02. The zero-order valence-electron chi connectivity index (χ0n) is 20.9. The molecule has 3 aromatic carbocycles. The number of hydrogen-bond donors (Lipinski definition) is 4. The molecule has 9 nitrogen and oxygen atoms in total. The lowest BCUT2D eigenvalue weighted by atomic mass is 9.86. The Morgan fingerprint density at radius 1 is 0.950 bits per heavy atom. The normalized spacial score (nSPS) is 22.4. The number of aromatic hydroxyl groups is 3. The number of phenolic OH excluding ortho intramolecular Hbond substituents is 3. The van der Waals surface area contributed by atoms with Gasteiger partial charge >= 0.3 is 0 Å². The molecule has 0 fully saturated rings. The zero-order valence-corrected chi connectivity index (χ0v) is 20.9. The van der Waals surface area contributed by atoms with Gasteiger partial charge in [0, 0.05) is 35.8 Å². The summed E-state index contributed by atoms with van der Waals surface area (Å²) in [6.07, 6.45) is 4.67. The highest BCUT2D eigenvalue weighted by molar-refractivity contribution is 6.06. The molecule has 9 heteroatoms. The highest BCUT2D eigenvalue weighted by Gasteiger charge is 2.47. The summed E-state index contributed by atoms with van der Waals surface area (Å²) in [5, 5.41) is 42.1. The molecule has 0 aromatic heterocycles. The summed E-state index contributed by atoms with van der Waals surface area (Å²) in [6, 6.07) is 12.4. The van der Waals surface area contributed by atoms with E-state index in [4.69, 9.17) is 14.2 Å². The maximum Gasteiger partial charge on any atom is 0.182 e. The summed E-state index contributed by atoms with van der Waals surface area (Å²) in [4.78, 5) is 25.1. The molecule has 0 bridgehead atoms. The Kier molecular flexibility index (Phi) is 5.10. The minimum absolute atomic E-state index is 0.00184. The first kappa shape index (κ1) is 24.1. The van der Waals surface area contributed by atoms with Crippen LogP contribution in [0, 0.1) is 0 Å². The first-order chi connectivity index (χ1) is 19.2. The monoisotopic (exact) mass is 538 g/mol. The van der Waals surface area contributed by atoms with Crippen LogP contribution in [0.5, 0.6) is 34.5 Å². The summed E-state index contributed by atoms with van der Waals surface area (Å²) in [7, 11) is 0. The number of Topliss-reactive ketones (excluding diaryl/α,β-unsaturated/α-hetero) is 1. The second-order valence-corrected chi connectivity index (χ2v) is 10.2. The summed E-state index contributed by atoms with van der Waals surface area (Å²) in [5.74, 6) is -0.967. The maximum absolute atomic E-state index is 13.2. The molecule has 0 saturated heterocycles. The number of carbonyl (C=O) groups excluding carboxylic acids is 2. The van der Waals surface area contributed by atoms with Crippen molar-refractivity contribution >= 4 is 17.1 Å². The van der Waals surface area contributed by atoms with Gasteiger partial charge in [-0.3, -0.25) is 9.59 Å². The number of hydrogen-bond acceptors (Lipinski definition) is 9. The molecule has 4 aliphatic rings. The average Bonchev–Trinajstić information content (AvgIpc) is 3.20. The van der Waals surface area contributed by atoms with Crippen molar-refractivity contribution in [3.8, 4) is 34.5 Å². The van der Waals surface area contributed by atoms with Gasteiger partial charge < -0.3 is 34.6 Å². The predicted octanol–water partition coefficient (Wildman–Crippen LogP) is 4.05. The Labute approximate surface area is 227 Å². The molecular weight excluding hydrogens is 516 g/mol. The third-order valence-corrected chi connectivity index (χ3v) is 7.61. The number of phenols is 3. The molecule has 0 spiro atoms. The fraction of sp³-hybridized carbons (Fsp3) is 0.161. The molecule has 0 amide bonds. The minimum atomic E-state index is -1.31. The van der Waals surface area contributed by atoms with Crippen LogP contribution in [-0.2, 0) is 16.0 Å². The van der Waals surface area contributed by atoms with Crippen molar-refractivity contribution in [3.05, 3.63) is 100 Å². The number of ether oxygens (including phenoxy) is 3. The summed E-state index contributed by atoms with van der Waals surface area (Å²) >= 11 is 0. The van der Waals surface area contributed by atoms with E-state index in [9.17, 15) is 30.0 Å². The van der Waals surface area contributed by atoms with Gasteiger partial charge in [-0.05, 0) is 53.1 Å². The van der Waals surface area contributed by atoms with Gasteiger partial charge in [0.2, 0.25) is 0 Å². The van der Waals surface area contributed by atoms with Crippen molar-refractivity contribution in [1.82, 2.24) is 0 Å². The molecular formula is C31H22O9. The summed E-state index contributed by atoms with van der Waals surface area (Å²) in [6.45, 7) is -0.0199. The van der Waals surface area contributed by atoms with Crippen LogP contribution in [0.3, 0.4) is 0 Å². The standard InChI is InChI=1S/C31H22O9/c32-17-4-5-20-25(9-17)39-14-31(37)12-16-7-23(34)26(11-21(16)29(20)31)40-19-3-1-2-15(6-19)22-13-38-27-10-18(33)8-24(35)28(27)30(22)36/h1-11,22,33-35,37H,12-14H2. The number of allylic oxidation sites excluding steroid dienone is 3.